The minimum atomic E-state index is -0.385. The lowest BCUT2D eigenvalue weighted by Crippen LogP contribution is -2.25. The summed E-state index contributed by atoms with van der Waals surface area (Å²) in [4.78, 5) is 4.29. The lowest BCUT2D eigenvalue weighted by molar-refractivity contribution is -0.00408. The Bertz CT molecular complexity index is 783. The standard InChI is InChI=1S/C23H24NO2/c1-23(2,26-18-21-10-6-7-15-24-21)16-19-11-13-22(14-12-19)25-17-20-8-4-3-5-9-20/h3-16H,17-18H2,1-2H3. The van der Waals surface area contributed by atoms with E-state index in [-0.39, 0.29) is 5.60 Å². The molecule has 3 nitrogen and oxygen atoms in total. The van der Waals surface area contributed by atoms with E-state index in [1.54, 1.807) is 6.20 Å². The van der Waals surface area contributed by atoms with Crippen LogP contribution >= 0.6 is 0 Å². The Morgan fingerprint density at radius 3 is 2.27 bits per heavy atom. The fourth-order valence-electron chi connectivity index (χ4n) is 2.59. The van der Waals surface area contributed by atoms with Crippen LogP contribution in [-0.4, -0.2) is 10.6 Å². The Labute approximate surface area is 155 Å². The molecule has 3 heteroatoms. The summed E-state index contributed by atoms with van der Waals surface area (Å²) < 4.78 is 11.8. The number of benzene rings is 2. The average molecular weight is 346 g/mol. The molecule has 0 aliphatic heterocycles. The molecule has 0 fully saturated rings. The van der Waals surface area contributed by atoms with Crippen LogP contribution in [0.4, 0.5) is 0 Å². The molecule has 0 saturated heterocycles. The zero-order valence-corrected chi connectivity index (χ0v) is 15.3. The molecule has 1 heterocycles. The van der Waals surface area contributed by atoms with Gasteiger partial charge in [0.25, 0.3) is 0 Å². The number of hydrogen-bond acceptors (Lipinski definition) is 3. The number of pyridine rings is 1. The molecule has 0 atom stereocenters. The van der Waals surface area contributed by atoms with E-state index >= 15 is 0 Å². The van der Waals surface area contributed by atoms with Crippen molar-refractivity contribution < 1.29 is 9.47 Å². The van der Waals surface area contributed by atoms with Crippen LogP contribution in [0.3, 0.4) is 0 Å². The molecule has 0 amide bonds. The summed E-state index contributed by atoms with van der Waals surface area (Å²) in [6.07, 6.45) is 3.89. The smallest absolute Gasteiger partial charge is 0.119 e. The van der Waals surface area contributed by atoms with Gasteiger partial charge < -0.3 is 9.47 Å². The number of aromatic nitrogens is 1. The highest BCUT2D eigenvalue weighted by atomic mass is 16.5. The fourth-order valence-corrected chi connectivity index (χ4v) is 2.59. The molecule has 3 aromatic rings. The molecular formula is C23H24NO2. The Hall–Kier alpha value is -2.65. The first-order valence-electron chi connectivity index (χ1n) is 8.77. The van der Waals surface area contributed by atoms with Crippen LogP contribution in [0.5, 0.6) is 5.75 Å². The summed E-state index contributed by atoms with van der Waals surface area (Å²) in [5.41, 5.74) is 2.80. The van der Waals surface area contributed by atoms with Gasteiger partial charge in [-0.1, -0.05) is 48.5 Å². The largest absolute Gasteiger partial charge is 0.489 e. The lowest BCUT2D eigenvalue weighted by atomic mass is 9.98. The summed E-state index contributed by atoms with van der Waals surface area (Å²) in [7, 11) is 0. The second-order valence-electron chi connectivity index (χ2n) is 6.70. The van der Waals surface area contributed by atoms with E-state index in [0.717, 1.165) is 22.6 Å². The van der Waals surface area contributed by atoms with Crippen molar-refractivity contribution in [3.8, 4) is 5.75 Å². The van der Waals surface area contributed by atoms with E-state index in [2.05, 4.69) is 37.4 Å². The molecule has 0 unspecified atom stereocenters. The van der Waals surface area contributed by atoms with Crippen LogP contribution in [-0.2, 0) is 18.0 Å². The van der Waals surface area contributed by atoms with Crippen molar-refractivity contribution in [1.82, 2.24) is 4.98 Å². The number of ether oxygens (including phenoxy) is 2. The normalized spacial score (nSPS) is 11.3. The summed E-state index contributed by atoms with van der Waals surface area (Å²) in [6, 6.07) is 24.1. The zero-order valence-electron chi connectivity index (χ0n) is 15.3. The Morgan fingerprint density at radius 1 is 0.846 bits per heavy atom. The first-order chi connectivity index (χ1) is 12.6. The summed E-state index contributed by atoms with van der Waals surface area (Å²) in [5.74, 6) is 0.859. The molecule has 0 aliphatic rings. The van der Waals surface area contributed by atoms with Gasteiger partial charge in [-0.2, -0.15) is 0 Å². The van der Waals surface area contributed by atoms with Crippen molar-refractivity contribution in [3.63, 3.8) is 0 Å². The van der Waals surface area contributed by atoms with Gasteiger partial charge in [0, 0.05) is 12.6 Å². The predicted octanol–water partition coefficient (Wildman–Crippen LogP) is 5.21. The molecular weight excluding hydrogens is 322 g/mol. The van der Waals surface area contributed by atoms with E-state index in [1.807, 2.05) is 60.7 Å². The van der Waals surface area contributed by atoms with Crippen molar-refractivity contribution in [2.45, 2.75) is 32.7 Å². The third kappa shape index (κ3) is 5.71. The minimum absolute atomic E-state index is 0.385. The number of hydrogen-bond donors (Lipinski definition) is 0. The maximum atomic E-state index is 6.01. The molecule has 0 aliphatic carbocycles. The van der Waals surface area contributed by atoms with Gasteiger partial charge in [-0.05, 0) is 49.2 Å². The van der Waals surface area contributed by atoms with Crippen molar-refractivity contribution >= 4 is 0 Å². The summed E-state index contributed by atoms with van der Waals surface area (Å²) in [5, 5.41) is 0. The first-order valence-corrected chi connectivity index (χ1v) is 8.77. The minimum Gasteiger partial charge on any atom is -0.489 e. The zero-order chi connectivity index (χ0) is 18.2. The molecule has 26 heavy (non-hydrogen) atoms. The van der Waals surface area contributed by atoms with Crippen LogP contribution < -0.4 is 4.74 Å². The van der Waals surface area contributed by atoms with E-state index < -0.39 is 0 Å². The van der Waals surface area contributed by atoms with E-state index in [0.29, 0.717) is 13.2 Å². The summed E-state index contributed by atoms with van der Waals surface area (Å²) in [6.45, 7) is 5.16. The molecule has 133 valence electrons. The Morgan fingerprint density at radius 2 is 1.58 bits per heavy atom. The lowest BCUT2D eigenvalue weighted by Gasteiger charge is -2.25. The molecule has 1 radical (unpaired) electrons. The molecule has 2 aromatic carbocycles. The maximum Gasteiger partial charge on any atom is 0.119 e. The molecule has 1 aromatic heterocycles. The first kappa shape index (κ1) is 18.2. The monoisotopic (exact) mass is 346 g/mol. The van der Waals surface area contributed by atoms with Crippen LogP contribution in [0.25, 0.3) is 0 Å². The third-order valence-electron chi connectivity index (χ3n) is 3.96. The van der Waals surface area contributed by atoms with Crippen LogP contribution in [0.1, 0.15) is 30.7 Å². The van der Waals surface area contributed by atoms with E-state index in [1.165, 1.54) is 0 Å². The van der Waals surface area contributed by atoms with Gasteiger partial charge in [0.2, 0.25) is 0 Å². The summed E-state index contributed by atoms with van der Waals surface area (Å²) >= 11 is 0. The SMILES string of the molecule is CC(C)([CH]c1ccc(OCc2ccccc2)cc1)OCc1ccccn1. The highest BCUT2D eigenvalue weighted by molar-refractivity contribution is 5.33. The van der Waals surface area contributed by atoms with Crippen LogP contribution in [0, 0.1) is 6.42 Å². The topological polar surface area (TPSA) is 31.4 Å². The molecule has 0 N–H and O–H groups in total. The predicted molar refractivity (Wildman–Crippen MR) is 104 cm³/mol. The second kappa shape index (κ2) is 8.63. The van der Waals surface area contributed by atoms with Crippen LogP contribution in [0.15, 0.2) is 79.0 Å². The highest BCUT2D eigenvalue weighted by Gasteiger charge is 2.20. The Balaban J connectivity index is 1.51. The van der Waals surface area contributed by atoms with Gasteiger partial charge in [0.05, 0.1) is 17.9 Å². The van der Waals surface area contributed by atoms with E-state index in [9.17, 15) is 0 Å². The van der Waals surface area contributed by atoms with E-state index in [4.69, 9.17) is 9.47 Å². The highest BCUT2D eigenvalue weighted by Crippen LogP contribution is 2.23. The van der Waals surface area contributed by atoms with Crippen molar-refractivity contribution in [1.29, 1.82) is 0 Å². The van der Waals surface area contributed by atoms with Crippen LogP contribution in [0.2, 0.25) is 0 Å². The van der Waals surface area contributed by atoms with Crippen molar-refractivity contribution in [2.75, 3.05) is 0 Å². The Kier molecular flexibility index (Phi) is 6.03. The number of rotatable bonds is 8. The van der Waals surface area contributed by atoms with Gasteiger partial charge >= 0.3 is 0 Å². The molecule has 0 saturated carbocycles. The average Bonchev–Trinajstić information content (AvgIpc) is 2.67. The number of nitrogens with zero attached hydrogens (tertiary/aromatic N) is 1. The van der Waals surface area contributed by atoms with Gasteiger partial charge in [0.15, 0.2) is 0 Å². The molecule has 0 spiro atoms. The second-order valence-corrected chi connectivity index (χ2v) is 6.70. The molecule has 3 rings (SSSR count). The maximum absolute atomic E-state index is 6.01. The fraction of sp³-hybridized carbons (Fsp3) is 0.217. The van der Waals surface area contributed by atoms with Crippen molar-refractivity contribution in [2.24, 2.45) is 0 Å². The van der Waals surface area contributed by atoms with Gasteiger partial charge in [-0.25, -0.2) is 0 Å². The third-order valence-corrected chi connectivity index (χ3v) is 3.96. The molecule has 0 bridgehead atoms. The van der Waals surface area contributed by atoms with Crippen molar-refractivity contribution in [3.05, 3.63) is 102 Å². The quantitative estimate of drug-likeness (QED) is 0.561. The van der Waals surface area contributed by atoms with Gasteiger partial charge in [-0.3, -0.25) is 4.98 Å². The van der Waals surface area contributed by atoms with Gasteiger partial charge in [0.1, 0.15) is 12.4 Å². The van der Waals surface area contributed by atoms with Gasteiger partial charge in [-0.15, -0.1) is 0 Å².